The minimum atomic E-state index is -3.25. The molecule has 1 N–H and O–H groups in total. The highest BCUT2D eigenvalue weighted by atomic mass is 32.2. The maximum absolute atomic E-state index is 12.5. The summed E-state index contributed by atoms with van der Waals surface area (Å²) in [5, 5.41) is 3.27. The van der Waals surface area contributed by atoms with Crippen LogP contribution in [0.15, 0.2) is 35.5 Å². The van der Waals surface area contributed by atoms with Crippen molar-refractivity contribution in [3.8, 4) is 5.88 Å². The van der Waals surface area contributed by atoms with Crippen molar-refractivity contribution in [2.75, 3.05) is 43.9 Å². The molecule has 188 valence electrons. The van der Waals surface area contributed by atoms with Crippen molar-refractivity contribution < 1.29 is 22.7 Å². The van der Waals surface area contributed by atoms with Crippen molar-refractivity contribution in [3.05, 3.63) is 36.2 Å². The number of nitrogens with one attached hydrogen (secondary N) is 1. The number of carbonyl (C=O) groups excluding carboxylic acids is 1. The number of hydrogen-bond donors (Lipinski definition) is 1. The van der Waals surface area contributed by atoms with Gasteiger partial charge < -0.3 is 24.6 Å². The van der Waals surface area contributed by atoms with Crippen molar-refractivity contribution in [2.45, 2.75) is 49.2 Å². The van der Waals surface area contributed by atoms with E-state index in [1.54, 1.807) is 17.0 Å². The summed E-state index contributed by atoms with van der Waals surface area (Å²) in [4.78, 5) is 25.3. The zero-order valence-electron chi connectivity index (χ0n) is 19.9. The van der Waals surface area contributed by atoms with Crippen LogP contribution in [0.2, 0.25) is 0 Å². The summed E-state index contributed by atoms with van der Waals surface area (Å²) >= 11 is 0. The molecular formula is C24H31N5O5S. The fourth-order valence-electron chi connectivity index (χ4n) is 4.85. The molecule has 11 heteroatoms. The first-order valence-electron chi connectivity index (χ1n) is 12.1. The summed E-state index contributed by atoms with van der Waals surface area (Å²) in [6.45, 7) is 3.67. The fourth-order valence-corrected chi connectivity index (χ4v) is 5.52. The molecule has 3 aliphatic rings. The van der Waals surface area contributed by atoms with Gasteiger partial charge in [-0.25, -0.2) is 23.2 Å². The van der Waals surface area contributed by atoms with Crippen molar-refractivity contribution in [3.63, 3.8) is 0 Å². The lowest BCUT2D eigenvalue weighted by atomic mass is 10.1. The molecule has 0 radical (unpaired) electrons. The molecule has 4 heterocycles. The monoisotopic (exact) mass is 501 g/mol. The summed E-state index contributed by atoms with van der Waals surface area (Å²) in [6, 6.07) is 7.03. The highest BCUT2D eigenvalue weighted by molar-refractivity contribution is 7.90. The molecular weight excluding hydrogens is 470 g/mol. The first kappa shape index (κ1) is 23.8. The lowest BCUT2D eigenvalue weighted by molar-refractivity contribution is 0.0318. The third-order valence-electron chi connectivity index (χ3n) is 6.82. The Balaban J connectivity index is 1.18. The number of amides is 1. The van der Waals surface area contributed by atoms with Gasteiger partial charge in [-0.2, -0.15) is 0 Å². The second-order valence-corrected chi connectivity index (χ2v) is 11.3. The van der Waals surface area contributed by atoms with E-state index in [1.165, 1.54) is 12.6 Å². The van der Waals surface area contributed by atoms with Gasteiger partial charge in [0.2, 0.25) is 5.88 Å². The van der Waals surface area contributed by atoms with E-state index in [2.05, 4.69) is 20.2 Å². The van der Waals surface area contributed by atoms with Crippen LogP contribution in [-0.2, 0) is 21.0 Å². The van der Waals surface area contributed by atoms with Crippen LogP contribution in [-0.4, -0.2) is 80.6 Å². The molecule has 35 heavy (non-hydrogen) atoms. The van der Waals surface area contributed by atoms with Crippen molar-refractivity contribution >= 4 is 27.4 Å². The lowest BCUT2D eigenvalue weighted by Crippen LogP contribution is -2.44. The zero-order chi connectivity index (χ0) is 24.4. The predicted octanol–water partition coefficient (Wildman–Crippen LogP) is 2.31. The molecule has 0 unspecified atom stereocenters. The normalized spacial score (nSPS) is 19.5. The highest BCUT2D eigenvalue weighted by Crippen LogP contribution is 2.35. The van der Waals surface area contributed by atoms with Crippen LogP contribution in [0, 0.1) is 0 Å². The molecule has 10 nitrogen and oxygen atoms in total. The maximum Gasteiger partial charge on any atom is 0.410 e. The van der Waals surface area contributed by atoms with E-state index >= 15 is 0 Å². The van der Waals surface area contributed by atoms with E-state index in [-0.39, 0.29) is 18.3 Å². The second kappa shape index (κ2) is 9.98. The Bertz CT molecular complexity index is 1180. The Morgan fingerprint density at radius 3 is 2.54 bits per heavy atom. The number of benzene rings is 1. The molecule has 5 rings (SSSR count). The van der Waals surface area contributed by atoms with Crippen LogP contribution in [0.25, 0.3) is 0 Å². The van der Waals surface area contributed by atoms with Gasteiger partial charge >= 0.3 is 6.09 Å². The van der Waals surface area contributed by atoms with Crippen molar-refractivity contribution in [2.24, 2.45) is 0 Å². The largest absolute Gasteiger partial charge is 0.474 e. The van der Waals surface area contributed by atoms with Crippen molar-refractivity contribution in [1.29, 1.82) is 0 Å². The van der Waals surface area contributed by atoms with E-state index < -0.39 is 9.84 Å². The summed E-state index contributed by atoms with van der Waals surface area (Å²) in [5.74, 6) is 1.20. The van der Waals surface area contributed by atoms with Crippen LogP contribution in [0.1, 0.15) is 31.2 Å². The molecule has 1 aromatic heterocycles. The Morgan fingerprint density at radius 1 is 1.03 bits per heavy atom. The number of anilines is 2. The molecule has 0 bridgehead atoms. The molecule has 0 aliphatic carbocycles. The summed E-state index contributed by atoms with van der Waals surface area (Å²) in [6.07, 6.45) is 6.33. The second-order valence-electron chi connectivity index (χ2n) is 9.32. The van der Waals surface area contributed by atoms with Gasteiger partial charge in [0.05, 0.1) is 4.90 Å². The number of nitrogens with zero attached hydrogens (tertiary/aromatic N) is 4. The van der Waals surface area contributed by atoms with Crippen LogP contribution >= 0.6 is 0 Å². The van der Waals surface area contributed by atoms with Gasteiger partial charge in [-0.1, -0.05) is 0 Å². The molecule has 2 fully saturated rings. The quantitative estimate of drug-likeness (QED) is 0.659. The van der Waals surface area contributed by atoms with Crippen LogP contribution in [0.3, 0.4) is 0 Å². The van der Waals surface area contributed by atoms with E-state index in [1.807, 2.05) is 12.1 Å². The number of aromatic nitrogens is 2. The van der Waals surface area contributed by atoms with Gasteiger partial charge in [-0.3, -0.25) is 0 Å². The van der Waals surface area contributed by atoms with Gasteiger partial charge in [0.25, 0.3) is 0 Å². The fraction of sp³-hybridized carbons (Fsp3) is 0.542. The molecule has 0 saturated carbocycles. The minimum absolute atomic E-state index is 0.00541. The number of piperidine rings is 2. The SMILES string of the molecule is CS(=O)(=O)c1ccc2c(c1)CCN2c1cc(OC2CCN(C(=O)OC3CCNCC3)CC2)ncn1. The highest BCUT2D eigenvalue weighted by Gasteiger charge is 2.28. The molecule has 0 spiro atoms. The summed E-state index contributed by atoms with van der Waals surface area (Å²) < 4.78 is 35.6. The summed E-state index contributed by atoms with van der Waals surface area (Å²) in [7, 11) is -3.25. The van der Waals surface area contributed by atoms with Crippen LogP contribution in [0.5, 0.6) is 5.88 Å². The molecule has 0 atom stereocenters. The first-order valence-corrected chi connectivity index (χ1v) is 14.0. The number of ether oxygens (including phenoxy) is 2. The Kier molecular flexibility index (Phi) is 6.79. The van der Waals surface area contributed by atoms with Gasteiger partial charge in [-0.05, 0) is 56.1 Å². The third kappa shape index (κ3) is 5.51. The van der Waals surface area contributed by atoms with Gasteiger partial charge in [0, 0.05) is 50.5 Å². The van der Waals surface area contributed by atoms with E-state index in [0.717, 1.165) is 43.6 Å². The van der Waals surface area contributed by atoms with E-state index in [0.29, 0.717) is 49.1 Å². The van der Waals surface area contributed by atoms with Crippen LogP contribution < -0.4 is 15.0 Å². The maximum atomic E-state index is 12.5. The van der Waals surface area contributed by atoms with E-state index in [9.17, 15) is 13.2 Å². The van der Waals surface area contributed by atoms with Gasteiger partial charge in [-0.15, -0.1) is 0 Å². The number of carbonyl (C=O) groups is 1. The average Bonchev–Trinajstić information content (AvgIpc) is 3.28. The molecule has 3 aliphatic heterocycles. The number of rotatable bonds is 5. The summed E-state index contributed by atoms with van der Waals surface area (Å²) in [5.41, 5.74) is 1.93. The third-order valence-corrected chi connectivity index (χ3v) is 7.93. The van der Waals surface area contributed by atoms with Gasteiger partial charge in [0.15, 0.2) is 9.84 Å². The van der Waals surface area contributed by atoms with Crippen LogP contribution in [0.4, 0.5) is 16.3 Å². The number of likely N-dealkylation sites (tertiary alicyclic amines) is 1. The number of sulfone groups is 1. The molecule has 2 saturated heterocycles. The average molecular weight is 502 g/mol. The van der Waals surface area contributed by atoms with Crippen molar-refractivity contribution in [1.82, 2.24) is 20.2 Å². The number of fused-ring (bicyclic) bond motifs is 1. The molecule has 1 aromatic carbocycles. The lowest BCUT2D eigenvalue weighted by Gasteiger charge is -2.33. The molecule has 2 aromatic rings. The Labute approximate surface area is 205 Å². The zero-order valence-corrected chi connectivity index (χ0v) is 20.7. The van der Waals surface area contributed by atoms with E-state index in [4.69, 9.17) is 9.47 Å². The predicted molar refractivity (Wildman–Crippen MR) is 130 cm³/mol. The topological polar surface area (TPSA) is 114 Å². The molecule has 1 amide bonds. The van der Waals surface area contributed by atoms with Gasteiger partial charge in [0.1, 0.15) is 24.4 Å². The standard InChI is InChI=1S/C24H31N5O5S/c1-35(31,32)20-2-3-21-17(14-20)6-13-29(21)22-15-23(27-16-26-22)33-19-7-11-28(12-8-19)24(30)34-18-4-9-25-10-5-18/h2-3,14-16,18-19,25H,4-13H2,1H3. The minimum Gasteiger partial charge on any atom is -0.474 e. The smallest absolute Gasteiger partial charge is 0.410 e. The first-order chi connectivity index (χ1) is 16.9. The number of hydrogen-bond acceptors (Lipinski definition) is 9. The Hall–Kier alpha value is -2.92. The Morgan fingerprint density at radius 2 is 1.80 bits per heavy atom.